The first kappa shape index (κ1) is 21.1. The Bertz CT molecular complexity index is 929. The molecule has 6 heteroatoms. The smallest absolute Gasteiger partial charge is 0.349 e. The minimum absolute atomic E-state index is 0.0640. The zero-order valence-corrected chi connectivity index (χ0v) is 17.7. The molecule has 1 unspecified atom stereocenters. The van der Waals surface area contributed by atoms with Crippen LogP contribution in [0, 0.1) is 13.8 Å². The second-order valence-electron chi connectivity index (χ2n) is 7.74. The summed E-state index contributed by atoms with van der Waals surface area (Å²) in [5.41, 5.74) is 2.86. The Morgan fingerprint density at radius 3 is 2.52 bits per heavy atom. The van der Waals surface area contributed by atoms with Gasteiger partial charge in [0.2, 0.25) is 0 Å². The van der Waals surface area contributed by atoms with Gasteiger partial charge in [-0.05, 0) is 55.7 Å². The zero-order chi connectivity index (χ0) is 21.0. The van der Waals surface area contributed by atoms with Gasteiger partial charge in [-0.1, -0.05) is 20.3 Å². The maximum Gasteiger partial charge on any atom is 0.349 e. The molecule has 1 amide bonds. The molecule has 0 aliphatic carbocycles. The first-order valence-electron chi connectivity index (χ1n) is 10.3. The fraction of sp³-hybridized carbons (Fsp3) is 0.478. The largest absolute Gasteiger partial charge is 0.427 e. The van der Waals surface area contributed by atoms with Gasteiger partial charge in [0.25, 0.3) is 5.91 Å². The second kappa shape index (κ2) is 9.27. The topological polar surface area (TPSA) is 71.8 Å². The summed E-state index contributed by atoms with van der Waals surface area (Å²) in [6.07, 6.45) is 1.94. The van der Waals surface area contributed by atoms with E-state index < -0.39 is 11.5 Å². The molecule has 0 saturated carbocycles. The number of hydrogen-bond donors (Lipinski definition) is 1. The highest BCUT2D eigenvalue weighted by atomic mass is 16.5. The lowest BCUT2D eigenvalue weighted by Gasteiger charge is -2.29. The molecule has 2 heterocycles. The number of ether oxygens (including phenoxy) is 1. The summed E-state index contributed by atoms with van der Waals surface area (Å²) in [4.78, 5) is 27.6. The minimum atomic E-state index is -0.581. The van der Waals surface area contributed by atoms with Gasteiger partial charge in [0.05, 0.1) is 13.2 Å². The molecular weight excluding hydrogens is 368 g/mol. The van der Waals surface area contributed by atoms with Crippen molar-refractivity contribution in [2.45, 2.75) is 46.5 Å². The third kappa shape index (κ3) is 4.88. The van der Waals surface area contributed by atoms with E-state index >= 15 is 0 Å². The molecule has 0 radical (unpaired) electrons. The number of amides is 1. The SMILES string of the molecule is CCCC(C)c1cc(C)c(C(=O)Nc2ccc(N3CCOCC3)cc2C)c(=O)o1. The van der Waals surface area contributed by atoms with Crippen molar-refractivity contribution in [2.75, 3.05) is 36.5 Å². The van der Waals surface area contributed by atoms with Gasteiger partial charge in [-0.2, -0.15) is 0 Å². The lowest BCUT2D eigenvalue weighted by atomic mass is 10.0. The van der Waals surface area contributed by atoms with Gasteiger partial charge in [0, 0.05) is 30.4 Å². The monoisotopic (exact) mass is 398 g/mol. The van der Waals surface area contributed by atoms with Crippen molar-refractivity contribution >= 4 is 17.3 Å². The molecule has 1 aromatic carbocycles. The number of carbonyl (C=O) groups is 1. The molecule has 1 aliphatic rings. The highest BCUT2D eigenvalue weighted by Gasteiger charge is 2.20. The molecule has 1 aromatic heterocycles. The van der Waals surface area contributed by atoms with Crippen molar-refractivity contribution in [1.82, 2.24) is 0 Å². The van der Waals surface area contributed by atoms with Crippen LogP contribution in [0.3, 0.4) is 0 Å². The van der Waals surface area contributed by atoms with Crippen molar-refractivity contribution < 1.29 is 13.9 Å². The van der Waals surface area contributed by atoms with E-state index in [1.54, 1.807) is 6.92 Å². The predicted octanol–water partition coefficient (Wildman–Crippen LogP) is 4.25. The number of carbonyl (C=O) groups excluding carboxylic acids is 1. The number of rotatable bonds is 6. The van der Waals surface area contributed by atoms with E-state index in [-0.39, 0.29) is 11.5 Å². The number of benzene rings is 1. The van der Waals surface area contributed by atoms with Gasteiger partial charge >= 0.3 is 5.63 Å². The van der Waals surface area contributed by atoms with Gasteiger partial charge in [0.15, 0.2) is 0 Å². The Balaban J connectivity index is 1.78. The Hall–Kier alpha value is -2.60. The number of morpholine rings is 1. The van der Waals surface area contributed by atoms with Gasteiger partial charge in [0.1, 0.15) is 11.3 Å². The normalized spacial score (nSPS) is 15.2. The molecule has 1 aliphatic heterocycles. The van der Waals surface area contributed by atoms with Crippen molar-refractivity contribution in [2.24, 2.45) is 0 Å². The van der Waals surface area contributed by atoms with Crippen LogP contribution in [-0.4, -0.2) is 32.2 Å². The number of nitrogens with zero attached hydrogens (tertiary/aromatic N) is 1. The van der Waals surface area contributed by atoms with Crippen LogP contribution in [0.15, 0.2) is 33.5 Å². The zero-order valence-electron chi connectivity index (χ0n) is 17.7. The minimum Gasteiger partial charge on any atom is -0.427 e. The quantitative estimate of drug-likeness (QED) is 0.788. The summed E-state index contributed by atoms with van der Waals surface area (Å²) in [6, 6.07) is 7.72. The summed E-state index contributed by atoms with van der Waals surface area (Å²) >= 11 is 0. The van der Waals surface area contributed by atoms with E-state index in [9.17, 15) is 9.59 Å². The van der Waals surface area contributed by atoms with Gasteiger partial charge in [-0.3, -0.25) is 4.79 Å². The molecule has 3 rings (SSSR count). The van der Waals surface area contributed by atoms with Crippen LogP contribution < -0.4 is 15.8 Å². The van der Waals surface area contributed by atoms with Crippen LogP contribution >= 0.6 is 0 Å². The van der Waals surface area contributed by atoms with Crippen LogP contribution in [-0.2, 0) is 4.74 Å². The van der Waals surface area contributed by atoms with E-state index in [4.69, 9.17) is 9.15 Å². The molecule has 0 bridgehead atoms. The molecule has 1 fully saturated rings. The van der Waals surface area contributed by atoms with E-state index in [0.717, 1.165) is 50.4 Å². The Labute approximate surface area is 171 Å². The summed E-state index contributed by atoms with van der Waals surface area (Å²) in [6.45, 7) is 11.0. The first-order valence-corrected chi connectivity index (χ1v) is 10.3. The van der Waals surface area contributed by atoms with E-state index in [0.29, 0.717) is 17.0 Å². The molecular formula is C23H30N2O4. The third-order valence-electron chi connectivity index (χ3n) is 5.44. The highest BCUT2D eigenvalue weighted by Crippen LogP contribution is 2.25. The van der Waals surface area contributed by atoms with Crippen LogP contribution in [0.5, 0.6) is 0 Å². The van der Waals surface area contributed by atoms with E-state index in [2.05, 4.69) is 17.1 Å². The average molecular weight is 399 g/mol. The van der Waals surface area contributed by atoms with Gasteiger partial charge < -0.3 is 19.4 Å². The second-order valence-corrected chi connectivity index (χ2v) is 7.74. The molecule has 6 nitrogen and oxygen atoms in total. The fourth-order valence-corrected chi connectivity index (χ4v) is 3.72. The van der Waals surface area contributed by atoms with Crippen LogP contribution in [0.4, 0.5) is 11.4 Å². The van der Waals surface area contributed by atoms with Gasteiger partial charge in [-0.15, -0.1) is 0 Å². The third-order valence-corrected chi connectivity index (χ3v) is 5.44. The fourth-order valence-electron chi connectivity index (χ4n) is 3.72. The van der Waals surface area contributed by atoms with E-state index in [1.165, 1.54) is 0 Å². The molecule has 2 aromatic rings. The summed E-state index contributed by atoms with van der Waals surface area (Å²) in [7, 11) is 0. The predicted molar refractivity (Wildman–Crippen MR) is 115 cm³/mol. The summed E-state index contributed by atoms with van der Waals surface area (Å²) < 4.78 is 10.9. The number of hydrogen-bond acceptors (Lipinski definition) is 5. The van der Waals surface area contributed by atoms with Gasteiger partial charge in [-0.25, -0.2) is 4.79 Å². The molecule has 1 atom stereocenters. The lowest BCUT2D eigenvalue weighted by Crippen LogP contribution is -2.36. The molecule has 1 N–H and O–H groups in total. The first-order chi connectivity index (χ1) is 13.9. The maximum absolute atomic E-state index is 12.8. The summed E-state index contributed by atoms with van der Waals surface area (Å²) in [5.74, 6) is 0.351. The number of aryl methyl sites for hydroxylation is 2. The van der Waals surface area contributed by atoms with Crippen molar-refractivity contribution in [3.05, 3.63) is 57.1 Å². The standard InChI is InChI=1S/C23H30N2O4/c1-5-6-15(2)20-14-17(4)21(23(27)29-20)22(26)24-19-8-7-18(13-16(19)3)25-9-11-28-12-10-25/h7-8,13-15H,5-6,9-12H2,1-4H3,(H,24,26). The Morgan fingerprint density at radius 1 is 1.17 bits per heavy atom. The molecule has 29 heavy (non-hydrogen) atoms. The van der Waals surface area contributed by atoms with Crippen LogP contribution in [0.2, 0.25) is 0 Å². The molecule has 156 valence electrons. The highest BCUT2D eigenvalue weighted by molar-refractivity contribution is 6.05. The number of anilines is 2. The Kier molecular flexibility index (Phi) is 6.75. The Morgan fingerprint density at radius 2 is 1.90 bits per heavy atom. The summed E-state index contributed by atoms with van der Waals surface area (Å²) in [5, 5.41) is 2.87. The molecule has 1 saturated heterocycles. The van der Waals surface area contributed by atoms with Crippen molar-refractivity contribution in [1.29, 1.82) is 0 Å². The van der Waals surface area contributed by atoms with Crippen molar-refractivity contribution in [3.63, 3.8) is 0 Å². The van der Waals surface area contributed by atoms with Crippen molar-refractivity contribution in [3.8, 4) is 0 Å². The van der Waals surface area contributed by atoms with Crippen LogP contribution in [0.25, 0.3) is 0 Å². The maximum atomic E-state index is 12.8. The van der Waals surface area contributed by atoms with Crippen LogP contribution in [0.1, 0.15) is 59.9 Å². The average Bonchev–Trinajstić information content (AvgIpc) is 2.69. The molecule has 0 spiro atoms. The number of nitrogens with one attached hydrogen (secondary N) is 1. The lowest BCUT2D eigenvalue weighted by molar-refractivity contribution is 0.102. The van der Waals surface area contributed by atoms with E-state index in [1.807, 2.05) is 38.1 Å².